The second-order valence-corrected chi connectivity index (χ2v) is 4.29. The lowest BCUT2D eigenvalue weighted by molar-refractivity contribution is 0.750. The highest BCUT2D eigenvalue weighted by molar-refractivity contribution is 7.16. The van der Waals surface area contributed by atoms with E-state index in [1.54, 1.807) is 23.9 Å². The number of aromatic nitrogens is 4. The van der Waals surface area contributed by atoms with Crippen molar-refractivity contribution in [2.75, 3.05) is 5.73 Å². The summed E-state index contributed by atoms with van der Waals surface area (Å²) in [5, 5.41) is 2.90. The molecular weight excluding hydrogens is 222 g/mol. The van der Waals surface area contributed by atoms with Crippen molar-refractivity contribution >= 4 is 27.4 Å². The van der Waals surface area contributed by atoms with Gasteiger partial charge in [-0.2, -0.15) is 0 Å². The molecule has 0 saturated heterocycles. The number of imidazole rings is 1. The summed E-state index contributed by atoms with van der Waals surface area (Å²) in [7, 11) is 0. The molecule has 5 nitrogen and oxygen atoms in total. The Morgan fingerprint density at radius 3 is 3.12 bits per heavy atom. The number of nitrogen functional groups attached to an aromatic ring is 1. The van der Waals surface area contributed by atoms with Gasteiger partial charge in [0.05, 0.1) is 18.3 Å². The fraction of sp³-hybridized carbons (Fsp3) is 0.100. The average Bonchev–Trinajstić information content (AvgIpc) is 2.87. The topological polar surface area (TPSA) is 69.6 Å². The first kappa shape index (κ1) is 9.29. The molecule has 0 aliphatic heterocycles. The van der Waals surface area contributed by atoms with Gasteiger partial charge < -0.3 is 10.3 Å². The maximum atomic E-state index is 5.86. The molecule has 0 aromatic carbocycles. The highest BCUT2D eigenvalue weighted by Gasteiger charge is 2.06. The number of rotatable bonds is 2. The van der Waals surface area contributed by atoms with Crippen molar-refractivity contribution in [1.29, 1.82) is 0 Å². The third kappa shape index (κ3) is 1.53. The number of thiophene rings is 1. The van der Waals surface area contributed by atoms with E-state index in [1.165, 1.54) is 0 Å². The number of nitrogens with two attached hydrogens (primary N) is 1. The Kier molecular flexibility index (Phi) is 2.07. The summed E-state index contributed by atoms with van der Waals surface area (Å²) < 4.78 is 1.91. The fourth-order valence-corrected chi connectivity index (χ4v) is 2.33. The summed E-state index contributed by atoms with van der Waals surface area (Å²) in [4.78, 5) is 13.6. The van der Waals surface area contributed by atoms with Crippen molar-refractivity contribution in [3.63, 3.8) is 0 Å². The van der Waals surface area contributed by atoms with Crippen molar-refractivity contribution in [3.8, 4) is 0 Å². The Bertz CT molecular complexity index is 613. The third-order valence-corrected chi connectivity index (χ3v) is 3.09. The molecule has 0 spiro atoms. The third-order valence-electron chi connectivity index (χ3n) is 2.28. The molecule has 0 aliphatic rings. The minimum absolute atomic E-state index is 0.543. The van der Waals surface area contributed by atoms with Crippen LogP contribution < -0.4 is 5.73 Å². The van der Waals surface area contributed by atoms with E-state index in [-0.39, 0.29) is 0 Å². The molecule has 0 aliphatic carbocycles. The van der Waals surface area contributed by atoms with Crippen LogP contribution in [-0.4, -0.2) is 19.5 Å². The van der Waals surface area contributed by atoms with Crippen molar-refractivity contribution in [1.82, 2.24) is 19.5 Å². The number of hydrogen-bond donors (Lipinski definition) is 1. The Morgan fingerprint density at radius 2 is 2.31 bits per heavy atom. The molecular formula is C10H9N5S. The van der Waals surface area contributed by atoms with E-state index >= 15 is 0 Å². The molecule has 0 saturated carbocycles. The highest BCUT2D eigenvalue weighted by atomic mass is 32.1. The lowest BCUT2D eigenvalue weighted by atomic mass is 10.4. The van der Waals surface area contributed by atoms with Gasteiger partial charge in [0.15, 0.2) is 5.82 Å². The van der Waals surface area contributed by atoms with E-state index in [1.807, 2.05) is 22.2 Å². The summed E-state index contributed by atoms with van der Waals surface area (Å²) in [6, 6.07) is 1.94. The molecule has 0 bridgehead atoms. The van der Waals surface area contributed by atoms with Crippen LogP contribution in [0.15, 0.2) is 30.2 Å². The van der Waals surface area contributed by atoms with Crippen LogP contribution >= 0.6 is 11.3 Å². The average molecular weight is 231 g/mol. The molecule has 0 amide bonds. The van der Waals surface area contributed by atoms with Gasteiger partial charge in [0.25, 0.3) is 0 Å². The van der Waals surface area contributed by atoms with Crippen LogP contribution in [0.4, 0.5) is 5.82 Å². The first-order valence-electron chi connectivity index (χ1n) is 4.78. The monoisotopic (exact) mass is 231 g/mol. The molecule has 2 N–H and O–H groups in total. The van der Waals surface area contributed by atoms with Crippen LogP contribution in [0.25, 0.3) is 10.2 Å². The molecule has 0 atom stereocenters. The molecule has 3 rings (SSSR count). The van der Waals surface area contributed by atoms with Gasteiger partial charge in [0.2, 0.25) is 0 Å². The molecule has 3 heterocycles. The summed E-state index contributed by atoms with van der Waals surface area (Å²) in [5.74, 6) is 1.26. The van der Waals surface area contributed by atoms with Gasteiger partial charge in [-0.15, -0.1) is 11.3 Å². The number of fused-ring (bicyclic) bond motifs is 1. The zero-order valence-corrected chi connectivity index (χ0v) is 9.18. The Balaban J connectivity index is 2.04. The standard InChI is InChI=1S/C10H9N5S/c11-9-7-1-4-16-10(7)14-8(13-9)5-15-3-2-12-6-15/h1-4,6H,5H2,(H2,11,13,14). The lowest BCUT2D eigenvalue weighted by Gasteiger charge is -2.02. The molecule has 0 unspecified atom stereocenters. The zero-order chi connectivity index (χ0) is 11.0. The van der Waals surface area contributed by atoms with Crippen LogP contribution in [0.1, 0.15) is 5.82 Å². The molecule has 6 heteroatoms. The highest BCUT2D eigenvalue weighted by Crippen LogP contribution is 2.22. The molecule has 80 valence electrons. The van der Waals surface area contributed by atoms with Crippen molar-refractivity contribution in [2.24, 2.45) is 0 Å². The molecule has 16 heavy (non-hydrogen) atoms. The van der Waals surface area contributed by atoms with Gasteiger partial charge >= 0.3 is 0 Å². The minimum Gasteiger partial charge on any atom is -0.383 e. The van der Waals surface area contributed by atoms with E-state index in [9.17, 15) is 0 Å². The van der Waals surface area contributed by atoms with Crippen molar-refractivity contribution < 1.29 is 0 Å². The van der Waals surface area contributed by atoms with Gasteiger partial charge in [-0.1, -0.05) is 0 Å². The van der Waals surface area contributed by atoms with Gasteiger partial charge in [0.1, 0.15) is 10.6 Å². The number of anilines is 1. The Hall–Kier alpha value is -1.95. The quantitative estimate of drug-likeness (QED) is 0.726. The number of nitrogens with zero attached hydrogens (tertiary/aromatic N) is 4. The van der Waals surface area contributed by atoms with Crippen LogP contribution in [0.2, 0.25) is 0 Å². The van der Waals surface area contributed by atoms with Crippen LogP contribution in [-0.2, 0) is 6.54 Å². The summed E-state index contributed by atoms with van der Waals surface area (Å²) >= 11 is 1.57. The van der Waals surface area contributed by atoms with E-state index in [2.05, 4.69) is 15.0 Å². The predicted octanol–water partition coefficient (Wildman–Crippen LogP) is 1.52. The molecule has 0 fully saturated rings. The van der Waals surface area contributed by atoms with E-state index in [0.29, 0.717) is 18.2 Å². The smallest absolute Gasteiger partial charge is 0.152 e. The molecule has 3 aromatic rings. The van der Waals surface area contributed by atoms with Crippen LogP contribution in [0.5, 0.6) is 0 Å². The number of hydrogen-bond acceptors (Lipinski definition) is 5. The van der Waals surface area contributed by atoms with Gasteiger partial charge in [-0.25, -0.2) is 15.0 Å². The van der Waals surface area contributed by atoms with Crippen molar-refractivity contribution in [3.05, 3.63) is 36.0 Å². The van der Waals surface area contributed by atoms with Crippen LogP contribution in [0, 0.1) is 0 Å². The lowest BCUT2D eigenvalue weighted by Crippen LogP contribution is -2.04. The Morgan fingerprint density at radius 1 is 1.38 bits per heavy atom. The maximum absolute atomic E-state index is 5.86. The van der Waals surface area contributed by atoms with Gasteiger partial charge in [-0.05, 0) is 11.4 Å². The maximum Gasteiger partial charge on any atom is 0.152 e. The van der Waals surface area contributed by atoms with Crippen LogP contribution in [0.3, 0.4) is 0 Å². The first-order chi connectivity index (χ1) is 7.83. The minimum atomic E-state index is 0.543. The zero-order valence-electron chi connectivity index (χ0n) is 8.37. The second-order valence-electron chi connectivity index (χ2n) is 3.40. The molecule has 0 radical (unpaired) electrons. The van der Waals surface area contributed by atoms with E-state index in [4.69, 9.17) is 5.73 Å². The second kappa shape index (κ2) is 3.57. The predicted molar refractivity (Wildman–Crippen MR) is 63.2 cm³/mol. The van der Waals surface area contributed by atoms with E-state index < -0.39 is 0 Å². The largest absolute Gasteiger partial charge is 0.383 e. The first-order valence-corrected chi connectivity index (χ1v) is 5.66. The Labute approximate surface area is 95.6 Å². The normalized spacial score (nSPS) is 11.0. The summed E-state index contributed by atoms with van der Waals surface area (Å²) in [6.45, 7) is 0.595. The van der Waals surface area contributed by atoms with Gasteiger partial charge in [0, 0.05) is 12.4 Å². The van der Waals surface area contributed by atoms with E-state index in [0.717, 1.165) is 10.2 Å². The fourth-order valence-electron chi connectivity index (χ4n) is 1.54. The SMILES string of the molecule is Nc1nc(Cn2ccnc2)nc2sccc12. The summed E-state index contributed by atoms with van der Waals surface area (Å²) in [5.41, 5.74) is 5.86. The summed E-state index contributed by atoms with van der Waals surface area (Å²) in [6.07, 6.45) is 5.34. The molecule has 3 aromatic heterocycles. The van der Waals surface area contributed by atoms with Crippen molar-refractivity contribution in [2.45, 2.75) is 6.54 Å². The van der Waals surface area contributed by atoms with Gasteiger partial charge in [-0.3, -0.25) is 0 Å².